The first-order chi connectivity index (χ1) is 16.6. The summed E-state index contributed by atoms with van der Waals surface area (Å²) in [4.78, 5) is 25.4. The van der Waals surface area contributed by atoms with Crippen LogP contribution in [-0.4, -0.2) is 64.7 Å². The van der Waals surface area contributed by atoms with Crippen LogP contribution in [0.15, 0.2) is 18.5 Å². The first-order valence-electron chi connectivity index (χ1n) is 11.7. The minimum Gasteiger partial charge on any atom is -0.496 e. The molecule has 0 saturated carbocycles. The molecule has 0 unspecified atom stereocenters. The highest BCUT2D eigenvalue weighted by Crippen LogP contribution is 2.30. The number of carbonyl (C=O) groups excluding carboxylic acids is 1. The van der Waals surface area contributed by atoms with Crippen molar-refractivity contribution in [2.24, 2.45) is 0 Å². The molecule has 3 N–H and O–H groups in total. The van der Waals surface area contributed by atoms with Gasteiger partial charge < -0.3 is 20.1 Å². The summed E-state index contributed by atoms with van der Waals surface area (Å²) in [5, 5.41) is 13.8. The molecule has 182 valence electrons. The molecule has 11 heteroatoms. The lowest BCUT2D eigenvalue weighted by molar-refractivity contribution is 0.186. The number of ether oxygens (including phenoxy) is 2. The zero-order valence-corrected chi connectivity index (χ0v) is 19.9. The number of carbonyl (C=O) groups is 1. The van der Waals surface area contributed by atoms with E-state index in [1.807, 2.05) is 16.9 Å². The van der Waals surface area contributed by atoms with Crippen molar-refractivity contribution < 1.29 is 14.3 Å². The Morgan fingerprint density at radius 2 is 2.06 bits per heavy atom. The molecule has 0 aromatic carbocycles. The second-order valence-corrected chi connectivity index (χ2v) is 8.27. The van der Waals surface area contributed by atoms with E-state index in [1.165, 1.54) is 7.11 Å². The fourth-order valence-electron chi connectivity index (χ4n) is 4.12. The highest BCUT2D eigenvalue weighted by molar-refractivity contribution is 5.89. The van der Waals surface area contributed by atoms with E-state index in [1.54, 1.807) is 13.3 Å². The van der Waals surface area contributed by atoms with Crippen molar-refractivity contribution in [3.63, 3.8) is 0 Å². The van der Waals surface area contributed by atoms with E-state index in [4.69, 9.17) is 9.72 Å². The Bertz CT molecular complexity index is 1130. The number of methoxy groups -OCH3 is 2. The molecule has 1 aliphatic rings. The van der Waals surface area contributed by atoms with Crippen LogP contribution in [0.25, 0.3) is 11.0 Å². The number of piperidine rings is 1. The van der Waals surface area contributed by atoms with E-state index in [0.717, 1.165) is 67.8 Å². The van der Waals surface area contributed by atoms with Gasteiger partial charge in [0.2, 0.25) is 5.95 Å². The zero-order valence-electron chi connectivity index (χ0n) is 19.9. The summed E-state index contributed by atoms with van der Waals surface area (Å²) in [6.07, 6.45) is 7.08. The van der Waals surface area contributed by atoms with Crippen molar-refractivity contribution in [1.82, 2.24) is 30.0 Å². The molecule has 0 spiro atoms. The number of nitrogens with one attached hydrogen (secondary N) is 3. The minimum atomic E-state index is -0.629. The summed E-state index contributed by atoms with van der Waals surface area (Å²) in [5.41, 5.74) is 3.34. The van der Waals surface area contributed by atoms with Crippen LogP contribution >= 0.6 is 0 Å². The Labute approximate surface area is 198 Å². The fourth-order valence-corrected chi connectivity index (χ4v) is 4.12. The Balaban J connectivity index is 1.65. The number of hydrogen-bond donors (Lipinski definition) is 3. The van der Waals surface area contributed by atoms with E-state index >= 15 is 0 Å². The van der Waals surface area contributed by atoms with E-state index in [9.17, 15) is 4.79 Å². The summed E-state index contributed by atoms with van der Waals surface area (Å²) in [5.74, 6) is 1.99. The molecule has 0 bridgehead atoms. The summed E-state index contributed by atoms with van der Waals surface area (Å²) in [6.45, 7) is 5.33. The Hall–Kier alpha value is -3.47. The number of fused-ring (bicyclic) bond motifs is 1. The Morgan fingerprint density at radius 1 is 1.24 bits per heavy atom. The normalized spacial score (nSPS) is 14.2. The molecule has 4 heterocycles. The number of rotatable bonds is 9. The van der Waals surface area contributed by atoms with Crippen LogP contribution in [-0.2, 0) is 11.3 Å². The second-order valence-electron chi connectivity index (χ2n) is 8.27. The Morgan fingerprint density at radius 3 is 2.79 bits per heavy atom. The van der Waals surface area contributed by atoms with Gasteiger partial charge in [0.1, 0.15) is 16.8 Å². The average molecular weight is 469 g/mol. The van der Waals surface area contributed by atoms with E-state index in [0.29, 0.717) is 23.8 Å². The monoisotopic (exact) mass is 468 g/mol. The quantitative estimate of drug-likeness (QED) is 0.406. The average Bonchev–Trinajstić information content (AvgIpc) is 3.27. The maximum atomic E-state index is 11.7. The van der Waals surface area contributed by atoms with Gasteiger partial charge in [-0.2, -0.15) is 10.1 Å². The number of aromatic nitrogens is 5. The van der Waals surface area contributed by atoms with Crippen LogP contribution in [0, 0.1) is 0 Å². The number of amides is 1. The molecule has 4 rings (SSSR count). The van der Waals surface area contributed by atoms with E-state index in [-0.39, 0.29) is 5.95 Å². The third-order valence-electron chi connectivity index (χ3n) is 5.97. The van der Waals surface area contributed by atoms with Crippen molar-refractivity contribution >= 4 is 28.9 Å². The Kier molecular flexibility index (Phi) is 7.73. The molecule has 11 nitrogen and oxygen atoms in total. The van der Waals surface area contributed by atoms with Crippen molar-refractivity contribution in [3.05, 3.63) is 29.7 Å². The summed E-state index contributed by atoms with van der Waals surface area (Å²) in [7, 11) is 2.97. The highest BCUT2D eigenvalue weighted by atomic mass is 16.5. The predicted molar refractivity (Wildman–Crippen MR) is 129 cm³/mol. The minimum absolute atomic E-state index is 0.156. The topological polar surface area (TPSA) is 128 Å². The van der Waals surface area contributed by atoms with Gasteiger partial charge in [0.15, 0.2) is 5.82 Å². The molecule has 0 aliphatic carbocycles. The van der Waals surface area contributed by atoms with Gasteiger partial charge in [-0.3, -0.25) is 15.0 Å². The van der Waals surface area contributed by atoms with Gasteiger partial charge in [-0.05, 0) is 32.4 Å². The lowest BCUT2D eigenvalue weighted by Gasteiger charge is -2.23. The maximum absolute atomic E-state index is 11.7. The van der Waals surface area contributed by atoms with Gasteiger partial charge in [0.05, 0.1) is 27.0 Å². The second kappa shape index (κ2) is 11.1. The van der Waals surface area contributed by atoms with Crippen LogP contribution in [0.3, 0.4) is 0 Å². The van der Waals surface area contributed by atoms with Crippen molar-refractivity contribution in [1.29, 1.82) is 0 Å². The van der Waals surface area contributed by atoms with Crippen molar-refractivity contribution in [3.8, 4) is 5.75 Å². The lowest BCUT2D eigenvalue weighted by atomic mass is 9.93. The third-order valence-corrected chi connectivity index (χ3v) is 5.97. The zero-order chi connectivity index (χ0) is 23.9. The molecule has 0 atom stereocenters. The van der Waals surface area contributed by atoms with Crippen LogP contribution in [0.1, 0.15) is 49.8 Å². The lowest BCUT2D eigenvalue weighted by Crippen LogP contribution is -2.27. The molecule has 3 aromatic rings. The van der Waals surface area contributed by atoms with Gasteiger partial charge in [-0.1, -0.05) is 13.3 Å². The summed E-state index contributed by atoms with van der Waals surface area (Å²) in [6, 6.07) is 2.05. The van der Waals surface area contributed by atoms with Gasteiger partial charge >= 0.3 is 6.09 Å². The maximum Gasteiger partial charge on any atom is 0.413 e. The summed E-state index contributed by atoms with van der Waals surface area (Å²) < 4.78 is 12.2. The van der Waals surface area contributed by atoms with Gasteiger partial charge in [0, 0.05) is 36.0 Å². The van der Waals surface area contributed by atoms with Crippen LogP contribution in [0.4, 0.5) is 16.6 Å². The predicted octanol–water partition coefficient (Wildman–Crippen LogP) is 3.14. The van der Waals surface area contributed by atoms with Gasteiger partial charge in [-0.15, -0.1) is 0 Å². The number of anilines is 2. The van der Waals surface area contributed by atoms with E-state index in [2.05, 4.69) is 42.7 Å². The molecule has 3 aromatic heterocycles. The first kappa shape index (κ1) is 23.7. The number of nitrogens with zero attached hydrogens (tertiary/aromatic N) is 5. The van der Waals surface area contributed by atoms with Crippen molar-refractivity contribution in [2.45, 2.75) is 45.1 Å². The molecule has 1 saturated heterocycles. The van der Waals surface area contributed by atoms with Crippen LogP contribution in [0.2, 0.25) is 0 Å². The molecule has 0 radical (unpaired) electrons. The van der Waals surface area contributed by atoms with Crippen molar-refractivity contribution in [2.75, 3.05) is 44.5 Å². The first-order valence-corrected chi connectivity index (χ1v) is 11.7. The summed E-state index contributed by atoms with van der Waals surface area (Å²) >= 11 is 0. The number of unbranched alkanes of at least 4 members (excludes halogenated alkanes) is 1. The van der Waals surface area contributed by atoms with Gasteiger partial charge in [-0.25, -0.2) is 9.78 Å². The third kappa shape index (κ3) is 5.36. The molecular weight excluding hydrogens is 436 g/mol. The molecule has 1 amide bonds. The largest absolute Gasteiger partial charge is 0.496 e. The fraction of sp³-hybridized carbons (Fsp3) is 0.522. The van der Waals surface area contributed by atoms with Gasteiger partial charge in [0.25, 0.3) is 0 Å². The molecule has 1 aliphatic heterocycles. The molecule has 1 fully saturated rings. The highest BCUT2D eigenvalue weighted by Gasteiger charge is 2.20. The number of pyridine rings is 1. The van der Waals surface area contributed by atoms with Crippen LogP contribution in [0.5, 0.6) is 5.75 Å². The van der Waals surface area contributed by atoms with Crippen LogP contribution < -0.4 is 20.7 Å². The molecule has 34 heavy (non-hydrogen) atoms. The number of hydrogen-bond acceptors (Lipinski definition) is 9. The smallest absolute Gasteiger partial charge is 0.413 e. The molecular formula is C23H32N8O3. The SMILES string of the molecule is CCCCNc1nc(NC(=O)OC)nc2cnn(Cc3cnc(C4CCNCC4)cc3OC)c12. The van der Waals surface area contributed by atoms with E-state index < -0.39 is 6.09 Å². The standard InChI is InChI=1S/C23H32N8O3/c1-4-5-8-25-21-20-18(28-22(29-21)30-23(32)34-3)13-27-31(20)14-16-12-26-17(11-19(16)33-2)15-6-9-24-10-7-15/h11-13,15,24H,4-10,14H2,1-3H3,(H2,25,28,29,30,32).